The minimum absolute atomic E-state index is 0.418. The van der Waals surface area contributed by atoms with E-state index in [1.807, 2.05) is 6.07 Å². The van der Waals surface area contributed by atoms with E-state index in [2.05, 4.69) is 64.3 Å². The van der Waals surface area contributed by atoms with Gasteiger partial charge in [-0.1, -0.05) is 28.1 Å². The molecule has 2 rings (SSSR count). The zero-order valence-corrected chi connectivity index (χ0v) is 14.4. The molecule has 1 aromatic carbocycles. The van der Waals surface area contributed by atoms with Crippen LogP contribution in [-0.4, -0.2) is 11.1 Å². The van der Waals surface area contributed by atoms with Crippen LogP contribution in [0.15, 0.2) is 40.2 Å². The molecule has 1 aromatic heterocycles. The molecule has 2 nitrogen and oxygen atoms in total. The van der Waals surface area contributed by atoms with E-state index in [9.17, 15) is 5.11 Å². The largest absolute Gasteiger partial charge is 0.389 e. The van der Waals surface area contributed by atoms with Crippen molar-refractivity contribution < 1.29 is 5.11 Å². The monoisotopic (exact) mass is 353 g/mol. The second-order valence-electron chi connectivity index (χ2n) is 5.18. The summed E-state index contributed by atoms with van der Waals surface area (Å²) < 4.78 is 0.960. The van der Waals surface area contributed by atoms with Gasteiger partial charge in [0.1, 0.15) is 0 Å². The number of hydrogen-bond donors (Lipinski definition) is 1. The molecule has 4 heteroatoms. The van der Waals surface area contributed by atoms with Crippen molar-refractivity contribution in [2.24, 2.45) is 0 Å². The fraction of sp³-hybridized carbons (Fsp3) is 0.375. The van der Waals surface area contributed by atoms with Crippen molar-refractivity contribution in [2.45, 2.75) is 39.5 Å². The van der Waals surface area contributed by atoms with Gasteiger partial charge in [0.05, 0.1) is 12.6 Å². The Bertz CT molecular complexity index is 552. The lowest BCUT2D eigenvalue weighted by atomic mass is 10.1. The van der Waals surface area contributed by atoms with Crippen molar-refractivity contribution in [3.8, 4) is 0 Å². The number of aliphatic hydroxyl groups excluding tert-OH is 1. The van der Waals surface area contributed by atoms with Gasteiger partial charge in [-0.25, -0.2) is 0 Å². The van der Waals surface area contributed by atoms with Crippen LogP contribution in [0.4, 0.5) is 5.69 Å². The van der Waals surface area contributed by atoms with Gasteiger partial charge in [0, 0.05) is 21.1 Å². The molecule has 1 atom stereocenters. The van der Waals surface area contributed by atoms with Crippen LogP contribution in [0.1, 0.15) is 37.3 Å². The Balaban J connectivity index is 2.28. The Labute approximate surface area is 133 Å². The maximum absolute atomic E-state index is 9.71. The first kappa shape index (κ1) is 15.5. The lowest BCUT2D eigenvalue weighted by molar-refractivity contribution is 0.198. The highest BCUT2D eigenvalue weighted by molar-refractivity contribution is 9.10. The van der Waals surface area contributed by atoms with Gasteiger partial charge in [-0.05, 0) is 49.9 Å². The lowest BCUT2D eigenvalue weighted by Crippen LogP contribution is -2.29. The summed E-state index contributed by atoms with van der Waals surface area (Å²) in [5.41, 5.74) is 2.10. The smallest absolute Gasteiger partial charge is 0.0772 e. The number of thiophene rings is 1. The van der Waals surface area contributed by atoms with Crippen LogP contribution in [0.2, 0.25) is 0 Å². The molecular formula is C16H20BrNOS. The van der Waals surface area contributed by atoms with E-state index in [1.54, 1.807) is 18.3 Å². The lowest BCUT2D eigenvalue weighted by Gasteiger charge is -2.29. The summed E-state index contributed by atoms with van der Waals surface area (Å²) in [7, 11) is 0. The molecule has 0 amide bonds. The van der Waals surface area contributed by atoms with Crippen molar-refractivity contribution >= 4 is 33.0 Å². The van der Waals surface area contributed by atoms with Crippen molar-refractivity contribution in [3.63, 3.8) is 0 Å². The van der Waals surface area contributed by atoms with E-state index in [-0.39, 0.29) is 0 Å². The average Bonchev–Trinajstić information content (AvgIpc) is 2.87. The fourth-order valence-corrected chi connectivity index (χ4v) is 3.58. The van der Waals surface area contributed by atoms with E-state index >= 15 is 0 Å². The normalized spacial score (nSPS) is 12.7. The van der Waals surface area contributed by atoms with Crippen LogP contribution in [0, 0.1) is 0 Å². The predicted molar refractivity (Wildman–Crippen MR) is 90.4 cm³/mol. The molecule has 0 saturated carbocycles. The summed E-state index contributed by atoms with van der Waals surface area (Å²) in [6, 6.07) is 10.8. The van der Waals surface area contributed by atoms with Gasteiger partial charge in [0.25, 0.3) is 0 Å². The second kappa shape index (κ2) is 6.74. The number of nitrogens with zero attached hydrogens (tertiary/aromatic N) is 1. The van der Waals surface area contributed by atoms with Crippen LogP contribution in [0.25, 0.3) is 0 Å². The number of rotatable bonds is 5. The van der Waals surface area contributed by atoms with Crippen molar-refractivity contribution in [2.75, 3.05) is 4.90 Å². The third-order valence-corrected chi connectivity index (χ3v) is 4.84. The SMILES string of the molecule is CC(C)N(Cc1cccs1)c1ccc([C@@H](C)O)c(Br)c1. The summed E-state index contributed by atoms with van der Waals surface area (Å²) in [6.45, 7) is 7.09. The molecule has 2 aromatic rings. The predicted octanol–water partition coefficient (Wildman–Crippen LogP) is 4.98. The number of benzene rings is 1. The number of aliphatic hydroxyl groups is 1. The van der Waals surface area contributed by atoms with Gasteiger partial charge < -0.3 is 10.0 Å². The summed E-state index contributed by atoms with van der Waals surface area (Å²) in [5, 5.41) is 11.8. The van der Waals surface area contributed by atoms with Crippen LogP contribution in [0.3, 0.4) is 0 Å². The molecule has 1 heterocycles. The topological polar surface area (TPSA) is 23.5 Å². The molecule has 0 aliphatic carbocycles. The molecule has 0 aliphatic heterocycles. The van der Waals surface area contributed by atoms with Crippen LogP contribution in [-0.2, 0) is 6.54 Å². The van der Waals surface area contributed by atoms with Gasteiger partial charge in [0.15, 0.2) is 0 Å². The minimum Gasteiger partial charge on any atom is -0.389 e. The molecule has 20 heavy (non-hydrogen) atoms. The van der Waals surface area contributed by atoms with Crippen LogP contribution in [0.5, 0.6) is 0 Å². The number of hydrogen-bond acceptors (Lipinski definition) is 3. The van der Waals surface area contributed by atoms with E-state index in [0.717, 1.165) is 16.6 Å². The molecular weight excluding hydrogens is 334 g/mol. The maximum Gasteiger partial charge on any atom is 0.0772 e. The molecule has 108 valence electrons. The average molecular weight is 354 g/mol. The van der Waals surface area contributed by atoms with Crippen LogP contribution >= 0.6 is 27.3 Å². The third-order valence-electron chi connectivity index (χ3n) is 3.30. The van der Waals surface area contributed by atoms with Gasteiger partial charge in [-0.2, -0.15) is 0 Å². The molecule has 0 unspecified atom stereocenters. The number of halogens is 1. The highest BCUT2D eigenvalue weighted by Crippen LogP contribution is 2.30. The van der Waals surface area contributed by atoms with Crippen molar-refractivity contribution in [3.05, 3.63) is 50.6 Å². The molecule has 0 spiro atoms. The minimum atomic E-state index is -0.455. The highest BCUT2D eigenvalue weighted by Gasteiger charge is 2.14. The van der Waals surface area contributed by atoms with E-state index in [4.69, 9.17) is 0 Å². The Morgan fingerprint density at radius 3 is 2.50 bits per heavy atom. The van der Waals surface area contributed by atoms with Crippen molar-refractivity contribution in [1.82, 2.24) is 0 Å². The van der Waals surface area contributed by atoms with Crippen molar-refractivity contribution in [1.29, 1.82) is 0 Å². The Hall–Kier alpha value is -0.840. The zero-order chi connectivity index (χ0) is 14.7. The molecule has 1 N–H and O–H groups in total. The molecule has 0 aliphatic rings. The van der Waals surface area contributed by atoms with Crippen LogP contribution < -0.4 is 4.90 Å². The first-order valence-electron chi connectivity index (χ1n) is 6.75. The molecule has 0 saturated heterocycles. The van der Waals surface area contributed by atoms with Gasteiger partial charge in [-0.15, -0.1) is 11.3 Å². The van der Waals surface area contributed by atoms with E-state index < -0.39 is 6.10 Å². The second-order valence-corrected chi connectivity index (χ2v) is 7.07. The first-order valence-corrected chi connectivity index (χ1v) is 8.43. The number of anilines is 1. The molecule has 0 radical (unpaired) electrons. The summed E-state index contributed by atoms with van der Waals surface area (Å²) >= 11 is 5.34. The van der Waals surface area contributed by atoms with Gasteiger partial charge in [0.2, 0.25) is 0 Å². The zero-order valence-electron chi connectivity index (χ0n) is 12.0. The third kappa shape index (κ3) is 3.62. The van der Waals surface area contributed by atoms with E-state index in [1.165, 1.54) is 10.6 Å². The van der Waals surface area contributed by atoms with E-state index in [0.29, 0.717) is 6.04 Å². The summed E-state index contributed by atoms with van der Waals surface area (Å²) in [6.07, 6.45) is -0.455. The molecule has 0 fully saturated rings. The van der Waals surface area contributed by atoms with Gasteiger partial charge >= 0.3 is 0 Å². The Morgan fingerprint density at radius 1 is 1.25 bits per heavy atom. The maximum atomic E-state index is 9.71. The summed E-state index contributed by atoms with van der Waals surface area (Å²) in [5.74, 6) is 0. The first-order chi connectivity index (χ1) is 9.49. The fourth-order valence-electron chi connectivity index (χ4n) is 2.18. The highest BCUT2D eigenvalue weighted by atomic mass is 79.9. The van der Waals surface area contributed by atoms with Gasteiger partial charge in [-0.3, -0.25) is 0 Å². The quantitative estimate of drug-likeness (QED) is 0.819. The Kier molecular flexibility index (Phi) is 5.24. The Morgan fingerprint density at radius 2 is 2.00 bits per heavy atom. The molecule has 0 bridgehead atoms. The summed E-state index contributed by atoms with van der Waals surface area (Å²) in [4.78, 5) is 3.72. The standard InChI is InChI=1S/C16H20BrNOS/c1-11(2)18(10-14-5-4-8-20-14)13-6-7-15(12(3)19)16(17)9-13/h4-9,11-12,19H,10H2,1-3H3/t12-/m1/s1.